The Hall–Kier alpha value is -4.28. The van der Waals surface area contributed by atoms with Crippen molar-refractivity contribution >= 4 is 28.8 Å². The summed E-state index contributed by atoms with van der Waals surface area (Å²) in [7, 11) is 1.63. The second kappa shape index (κ2) is 8.74. The summed E-state index contributed by atoms with van der Waals surface area (Å²) < 4.78 is 2.98. The smallest absolute Gasteiger partial charge is 0.335 e. The van der Waals surface area contributed by atoms with Gasteiger partial charge in [0.2, 0.25) is 5.95 Å². The number of carboxylic acids is 1. The minimum Gasteiger partial charge on any atom is -0.478 e. The molecule has 4 aromatic rings. The maximum absolute atomic E-state index is 12.9. The number of rotatable bonds is 7. The number of carboxylic acid groups (broad SMARTS) is 1. The van der Waals surface area contributed by atoms with E-state index in [4.69, 9.17) is 0 Å². The van der Waals surface area contributed by atoms with Crippen molar-refractivity contribution in [3.8, 4) is 5.69 Å². The second-order valence-electron chi connectivity index (χ2n) is 9.56. The first-order chi connectivity index (χ1) is 17.5. The number of aromatic nitrogens is 6. The number of carbonyl (C=O) groups is 1. The number of hydrogen-bond donors (Lipinski definition) is 3. The first-order valence-corrected chi connectivity index (χ1v) is 12.1. The van der Waals surface area contributed by atoms with Crippen molar-refractivity contribution in [2.75, 3.05) is 10.6 Å². The van der Waals surface area contributed by atoms with Gasteiger partial charge in [-0.1, -0.05) is 0 Å². The van der Waals surface area contributed by atoms with E-state index in [2.05, 4.69) is 30.8 Å². The van der Waals surface area contributed by atoms with Gasteiger partial charge in [0.05, 0.1) is 40.4 Å². The van der Waals surface area contributed by atoms with Crippen LogP contribution in [0.4, 0.5) is 11.8 Å². The number of fused-ring (bicyclic) bond motifs is 1. The van der Waals surface area contributed by atoms with Crippen LogP contribution >= 0.6 is 0 Å². The third-order valence-electron chi connectivity index (χ3n) is 7.00. The van der Waals surface area contributed by atoms with Crippen LogP contribution in [0.5, 0.6) is 0 Å². The van der Waals surface area contributed by atoms with Crippen LogP contribution in [0.2, 0.25) is 0 Å². The standard InChI is InChI=1S/C25H26N8O3/c1-32-21-10-15(23(34)35)4-8-20(21)33(25(32)36)18-7-9-22(26-12-18)28-16-5-6-17(11-16)29-24-27-13-19(30-31-24)14-2-3-14/h4,7-10,12-14,16-17H,2-3,5-6,11H2,1H3,(H,26,28)(H,34,35)(H,27,29,31)/t16-,17-/m0/s1. The molecule has 0 spiro atoms. The number of pyridine rings is 1. The first kappa shape index (κ1) is 22.2. The molecule has 11 heteroatoms. The fraction of sp³-hybridized carbons (Fsp3) is 0.360. The highest BCUT2D eigenvalue weighted by molar-refractivity contribution is 5.92. The van der Waals surface area contributed by atoms with E-state index < -0.39 is 5.97 Å². The average Bonchev–Trinajstić information content (AvgIpc) is 3.60. The van der Waals surface area contributed by atoms with Crippen molar-refractivity contribution in [2.24, 2.45) is 7.05 Å². The Bertz CT molecular complexity index is 1490. The Morgan fingerprint density at radius 1 is 0.972 bits per heavy atom. The summed E-state index contributed by atoms with van der Waals surface area (Å²) in [5.74, 6) is 0.817. The molecule has 6 rings (SSSR count). The van der Waals surface area contributed by atoms with Gasteiger partial charge in [-0.25, -0.2) is 19.6 Å². The Balaban J connectivity index is 1.12. The van der Waals surface area contributed by atoms with E-state index in [-0.39, 0.29) is 23.3 Å². The topological polar surface area (TPSA) is 140 Å². The van der Waals surface area contributed by atoms with Gasteiger partial charge in [-0.15, -0.1) is 10.2 Å². The predicted octanol–water partition coefficient (Wildman–Crippen LogP) is 2.93. The summed E-state index contributed by atoms with van der Waals surface area (Å²) in [5, 5.41) is 24.7. The number of anilines is 2. The lowest BCUT2D eigenvalue weighted by Gasteiger charge is -2.15. The summed E-state index contributed by atoms with van der Waals surface area (Å²) in [6.45, 7) is 0. The molecular formula is C25H26N8O3. The first-order valence-electron chi connectivity index (χ1n) is 12.1. The zero-order valence-corrected chi connectivity index (χ0v) is 19.8. The molecule has 2 aliphatic rings. The third kappa shape index (κ3) is 4.16. The molecule has 0 bridgehead atoms. The van der Waals surface area contributed by atoms with Crippen LogP contribution in [-0.2, 0) is 7.05 Å². The molecule has 0 amide bonds. The number of aryl methyl sites for hydroxylation is 1. The SMILES string of the molecule is Cn1c(=O)n(-c2ccc(N[C@H]3CC[C@H](Nc4ncc(C5CC5)nn4)C3)nc2)c2ccc(C(=O)O)cc21. The average molecular weight is 487 g/mol. The highest BCUT2D eigenvalue weighted by Crippen LogP contribution is 2.38. The summed E-state index contributed by atoms with van der Waals surface area (Å²) >= 11 is 0. The zero-order valence-electron chi connectivity index (χ0n) is 19.8. The van der Waals surface area contributed by atoms with Gasteiger partial charge < -0.3 is 15.7 Å². The van der Waals surface area contributed by atoms with Gasteiger partial charge in [0, 0.05) is 25.0 Å². The Morgan fingerprint density at radius 2 is 1.78 bits per heavy atom. The number of benzene rings is 1. The van der Waals surface area contributed by atoms with Crippen molar-refractivity contribution < 1.29 is 9.90 Å². The molecule has 2 fully saturated rings. The maximum Gasteiger partial charge on any atom is 0.335 e. The van der Waals surface area contributed by atoms with Crippen LogP contribution in [-0.4, -0.2) is 52.5 Å². The third-order valence-corrected chi connectivity index (χ3v) is 7.00. The van der Waals surface area contributed by atoms with E-state index >= 15 is 0 Å². The van der Waals surface area contributed by atoms with Gasteiger partial charge in [0.15, 0.2) is 0 Å². The quantitative estimate of drug-likeness (QED) is 0.360. The molecular weight excluding hydrogens is 460 g/mol. The Labute approximate surface area is 206 Å². The number of nitrogens with zero attached hydrogens (tertiary/aromatic N) is 6. The number of nitrogens with one attached hydrogen (secondary N) is 2. The van der Waals surface area contributed by atoms with E-state index in [9.17, 15) is 14.7 Å². The van der Waals surface area contributed by atoms with Crippen LogP contribution in [0.3, 0.4) is 0 Å². The highest BCUT2D eigenvalue weighted by atomic mass is 16.4. The second-order valence-corrected chi connectivity index (χ2v) is 9.56. The van der Waals surface area contributed by atoms with E-state index in [0.29, 0.717) is 28.6 Å². The molecule has 3 N–H and O–H groups in total. The van der Waals surface area contributed by atoms with Gasteiger partial charge in [-0.2, -0.15) is 0 Å². The molecule has 2 atom stereocenters. The number of hydrogen-bond acceptors (Lipinski definition) is 8. The van der Waals surface area contributed by atoms with Gasteiger partial charge in [0.25, 0.3) is 0 Å². The van der Waals surface area contributed by atoms with Crippen LogP contribution in [0.15, 0.2) is 47.5 Å². The van der Waals surface area contributed by atoms with Gasteiger partial charge >= 0.3 is 11.7 Å². The Morgan fingerprint density at radius 3 is 2.44 bits per heavy atom. The summed E-state index contributed by atoms with van der Waals surface area (Å²) in [6, 6.07) is 8.87. The van der Waals surface area contributed by atoms with Crippen LogP contribution < -0.4 is 16.3 Å². The van der Waals surface area contributed by atoms with Crippen LogP contribution in [0, 0.1) is 0 Å². The van der Waals surface area contributed by atoms with Crippen molar-refractivity contribution in [1.82, 2.24) is 29.3 Å². The monoisotopic (exact) mass is 486 g/mol. The molecule has 0 aliphatic heterocycles. The minimum absolute atomic E-state index is 0.135. The molecule has 0 radical (unpaired) electrons. The molecule has 3 heterocycles. The molecule has 3 aromatic heterocycles. The number of aromatic carboxylic acids is 1. The van der Waals surface area contributed by atoms with E-state index in [1.54, 1.807) is 19.3 Å². The lowest BCUT2D eigenvalue weighted by Crippen LogP contribution is -2.22. The molecule has 1 aromatic carbocycles. The van der Waals surface area contributed by atoms with Crippen molar-refractivity contribution in [3.63, 3.8) is 0 Å². The molecule has 0 unspecified atom stereocenters. The molecule has 11 nitrogen and oxygen atoms in total. The largest absolute Gasteiger partial charge is 0.478 e. The maximum atomic E-state index is 12.9. The van der Waals surface area contributed by atoms with E-state index in [1.807, 2.05) is 18.3 Å². The fourth-order valence-corrected chi connectivity index (χ4v) is 4.88. The van der Waals surface area contributed by atoms with E-state index in [1.165, 1.54) is 34.1 Å². The zero-order chi connectivity index (χ0) is 24.8. The van der Waals surface area contributed by atoms with Gasteiger partial charge in [-0.05, 0) is 62.4 Å². The molecule has 2 aliphatic carbocycles. The van der Waals surface area contributed by atoms with Gasteiger partial charge in [0.1, 0.15) is 5.82 Å². The summed E-state index contributed by atoms with van der Waals surface area (Å²) in [5.41, 5.74) is 2.65. The lowest BCUT2D eigenvalue weighted by molar-refractivity contribution is 0.0697. The van der Waals surface area contributed by atoms with Crippen molar-refractivity contribution in [2.45, 2.75) is 50.1 Å². The van der Waals surface area contributed by atoms with Crippen LogP contribution in [0.1, 0.15) is 54.1 Å². The van der Waals surface area contributed by atoms with Crippen molar-refractivity contribution in [1.29, 1.82) is 0 Å². The predicted molar refractivity (Wildman–Crippen MR) is 134 cm³/mol. The molecule has 0 saturated heterocycles. The molecule has 184 valence electrons. The van der Waals surface area contributed by atoms with Crippen LogP contribution in [0.25, 0.3) is 16.7 Å². The fourth-order valence-electron chi connectivity index (χ4n) is 4.88. The van der Waals surface area contributed by atoms with Gasteiger partial charge in [-0.3, -0.25) is 9.13 Å². The lowest BCUT2D eigenvalue weighted by atomic mass is 10.2. The highest BCUT2D eigenvalue weighted by Gasteiger charge is 2.27. The van der Waals surface area contributed by atoms with E-state index in [0.717, 1.165) is 30.8 Å². The molecule has 2 saturated carbocycles. The Kier molecular flexibility index (Phi) is 5.39. The van der Waals surface area contributed by atoms with Crippen molar-refractivity contribution in [3.05, 3.63) is 64.5 Å². The molecule has 36 heavy (non-hydrogen) atoms. The normalized spacial score (nSPS) is 19.5. The summed E-state index contributed by atoms with van der Waals surface area (Å²) in [4.78, 5) is 33.2. The summed E-state index contributed by atoms with van der Waals surface area (Å²) in [6.07, 6.45) is 8.73. The minimum atomic E-state index is -1.03. The number of imidazole rings is 1.